The van der Waals surface area contributed by atoms with E-state index in [9.17, 15) is 25.0 Å². The van der Waals surface area contributed by atoms with Crippen molar-refractivity contribution in [3.8, 4) is 11.3 Å². The maximum absolute atomic E-state index is 12.6. The van der Waals surface area contributed by atoms with Gasteiger partial charge in [-0.15, -0.1) is 11.3 Å². The predicted octanol–water partition coefficient (Wildman–Crippen LogP) is 5.26. The zero-order valence-electron chi connectivity index (χ0n) is 15.1. The molecule has 0 aliphatic carbocycles. The smallest absolute Gasteiger partial charge is 0.279 e. The average molecular weight is 477 g/mol. The number of amides is 1. The van der Waals surface area contributed by atoms with Crippen molar-refractivity contribution in [2.45, 2.75) is 13.8 Å². The second kappa shape index (κ2) is 8.05. The number of aromatic nitrogens is 1. The van der Waals surface area contributed by atoms with Crippen molar-refractivity contribution in [3.05, 3.63) is 77.1 Å². The highest BCUT2D eigenvalue weighted by Crippen LogP contribution is 2.33. The maximum Gasteiger partial charge on any atom is 0.279 e. The molecule has 11 heteroatoms. The number of nitrogens with one attached hydrogen (secondary N) is 1. The van der Waals surface area contributed by atoms with E-state index in [0.29, 0.717) is 5.69 Å². The lowest BCUT2D eigenvalue weighted by atomic mass is 10.1. The van der Waals surface area contributed by atoms with E-state index >= 15 is 0 Å². The maximum atomic E-state index is 12.6. The predicted molar refractivity (Wildman–Crippen MR) is 112 cm³/mol. The van der Waals surface area contributed by atoms with Crippen LogP contribution < -0.4 is 5.32 Å². The van der Waals surface area contributed by atoms with Gasteiger partial charge in [0.25, 0.3) is 17.3 Å². The molecule has 0 spiro atoms. The lowest BCUT2D eigenvalue weighted by Crippen LogP contribution is -2.13. The summed E-state index contributed by atoms with van der Waals surface area (Å²) in [5, 5.41) is 25.2. The van der Waals surface area contributed by atoms with Gasteiger partial charge in [0.05, 0.1) is 21.1 Å². The number of aryl methyl sites for hydroxylation is 1. The first kappa shape index (κ1) is 20.6. The molecule has 0 radical (unpaired) electrons. The summed E-state index contributed by atoms with van der Waals surface area (Å²) >= 11 is 4.60. The normalized spacial score (nSPS) is 10.6. The highest BCUT2D eigenvalue weighted by molar-refractivity contribution is 9.10. The van der Waals surface area contributed by atoms with Crippen molar-refractivity contribution in [2.24, 2.45) is 0 Å². The Bertz CT molecular complexity index is 1110. The Hall–Kier alpha value is -3.18. The topological polar surface area (TPSA) is 128 Å². The lowest BCUT2D eigenvalue weighted by molar-refractivity contribution is -0.395. The number of carbonyl (C=O) groups is 1. The van der Waals surface area contributed by atoms with Crippen molar-refractivity contribution >= 4 is 49.7 Å². The van der Waals surface area contributed by atoms with Gasteiger partial charge in [0, 0.05) is 27.0 Å². The van der Waals surface area contributed by atoms with Gasteiger partial charge >= 0.3 is 0 Å². The summed E-state index contributed by atoms with van der Waals surface area (Å²) in [5.41, 5.74) is 0.277. The van der Waals surface area contributed by atoms with Crippen LogP contribution in [-0.4, -0.2) is 20.7 Å². The van der Waals surface area contributed by atoms with Gasteiger partial charge in [-0.25, -0.2) is 4.98 Å². The SMILES string of the molecule is Cc1sc(NC(=O)c2cc([N+](=O)[O-])c(C)c([N+](=O)[O-])c2)nc1-c1ccc(Br)cc1. The molecule has 1 aromatic heterocycles. The molecule has 3 rings (SSSR count). The van der Waals surface area contributed by atoms with Crippen LogP contribution in [0.15, 0.2) is 40.9 Å². The molecule has 0 aliphatic heterocycles. The number of hydrogen-bond donors (Lipinski definition) is 1. The van der Waals surface area contributed by atoms with Crippen LogP contribution in [0.1, 0.15) is 20.8 Å². The highest BCUT2D eigenvalue weighted by atomic mass is 79.9. The Morgan fingerprint density at radius 2 is 1.62 bits per heavy atom. The fraction of sp³-hybridized carbons (Fsp3) is 0.111. The average Bonchev–Trinajstić information content (AvgIpc) is 3.02. The summed E-state index contributed by atoms with van der Waals surface area (Å²) in [6.45, 7) is 3.12. The molecule has 0 bridgehead atoms. The van der Waals surface area contributed by atoms with Gasteiger partial charge in [0.2, 0.25) is 0 Å². The number of hydrogen-bond acceptors (Lipinski definition) is 7. The first-order chi connectivity index (χ1) is 13.7. The first-order valence-electron chi connectivity index (χ1n) is 8.15. The number of carbonyl (C=O) groups excluding carboxylic acids is 1. The minimum Gasteiger partial charge on any atom is -0.298 e. The van der Waals surface area contributed by atoms with Crippen LogP contribution in [0.25, 0.3) is 11.3 Å². The summed E-state index contributed by atoms with van der Waals surface area (Å²) in [7, 11) is 0. The van der Waals surface area contributed by atoms with E-state index in [1.165, 1.54) is 18.3 Å². The molecule has 3 aromatic rings. The quantitative estimate of drug-likeness (QED) is 0.394. The minimum absolute atomic E-state index is 0.112. The van der Waals surface area contributed by atoms with E-state index in [1.807, 2.05) is 31.2 Å². The molecule has 0 atom stereocenters. The highest BCUT2D eigenvalue weighted by Gasteiger charge is 2.26. The molecule has 0 saturated carbocycles. The molecule has 29 heavy (non-hydrogen) atoms. The molecule has 0 aliphatic rings. The Kier molecular flexibility index (Phi) is 5.71. The largest absolute Gasteiger partial charge is 0.298 e. The number of nitro groups is 2. The van der Waals surface area contributed by atoms with Crippen molar-refractivity contribution in [1.82, 2.24) is 4.98 Å². The minimum atomic E-state index is -0.752. The van der Waals surface area contributed by atoms with Gasteiger partial charge in [-0.1, -0.05) is 28.1 Å². The molecule has 9 nitrogen and oxygen atoms in total. The van der Waals surface area contributed by atoms with Crippen LogP contribution in [-0.2, 0) is 0 Å². The summed E-state index contributed by atoms with van der Waals surface area (Å²) in [6.07, 6.45) is 0. The van der Waals surface area contributed by atoms with E-state index < -0.39 is 27.1 Å². The second-order valence-electron chi connectivity index (χ2n) is 6.04. The molecule has 148 valence electrons. The Balaban J connectivity index is 1.93. The molecule has 0 fully saturated rings. The monoisotopic (exact) mass is 476 g/mol. The molecular formula is C18H13BrN4O5S. The third kappa shape index (κ3) is 4.30. The van der Waals surface area contributed by atoms with Gasteiger partial charge in [-0.2, -0.15) is 0 Å². The van der Waals surface area contributed by atoms with Gasteiger partial charge < -0.3 is 0 Å². The Morgan fingerprint density at radius 1 is 1.07 bits per heavy atom. The third-order valence-corrected chi connectivity index (χ3v) is 5.56. The Labute approximate surface area is 176 Å². The number of anilines is 1. The van der Waals surface area contributed by atoms with Crippen LogP contribution >= 0.6 is 27.3 Å². The second-order valence-corrected chi connectivity index (χ2v) is 8.16. The van der Waals surface area contributed by atoms with Gasteiger partial charge in [0.15, 0.2) is 5.13 Å². The summed E-state index contributed by atoms with van der Waals surface area (Å²) < 4.78 is 0.921. The van der Waals surface area contributed by atoms with Crippen LogP contribution in [0.3, 0.4) is 0 Å². The fourth-order valence-electron chi connectivity index (χ4n) is 2.69. The van der Waals surface area contributed by atoms with Crippen LogP contribution in [0.2, 0.25) is 0 Å². The lowest BCUT2D eigenvalue weighted by Gasteiger charge is -2.05. The van der Waals surface area contributed by atoms with Crippen molar-refractivity contribution in [3.63, 3.8) is 0 Å². The summed E-state index contributed by atoms with van der Waals surface area (Å²) in [5.74, 6) is -0.715. The first-order valence-corrected chi connectivity index (χ1v) is 9.76. The standard InChI is InChI=1S/C18H13BrN4O5S/c1-9-14(22(25)26)7-12(8-15(9)23(27)28)17(24)21-18-20-16(10(2)29-18)11-3-5-13(19)6-4-11/h3-8H,1-2H3,(H,20,21,24). The molecule has 0 unspecified atom stereocenters. The number of thiazole rings is 1. The number of halogens is 1. The zero-order valence-corrected chi connectivity index (χ0v) is 17.5. The van der Waals surface area contributed by atoms with E-state index in [4.69, 9.17) is 0 Å². The molecule has 2 aromatic carbocycles. The van der Waals surface area contributed by atoms with E-state index in [0.717, 1.165) is 27.0 Å². The van der Waals surface area contributed by atoms with Gasteiger partial charge in [-0.3, -0.25) is 30.3 Å². The van der Waals surface area contributed by atoms with Crippen LogP contribution in [0, 0.1) is 34.1 Å². The van der Waals surface area contributed by atoms with Crippen molar-refractivity contribution in [1.29, 1.82) is 0 Å². The van der Waals surface area contributed by atoms with E-state index in [1.54, 1.807) is 0 Å². The molecule has 1 N–H and O–H groups in total. The number of benzene rings is 2. The molecule has 1 amide bonds. The van der Waals surface area contributed by atoms with Crippen LogP contribution in [0.5, 0.6) is 0 Å². The number of nitro benzene ring substituents is 2. The molecular weight excluding hydrogens is 464 g/mol. The molecule has 1 heterocycles. The van der Waals surface area contributed by atoms with Gasteiger partial charge in [-0.05, 0) is 26.0 Å². The summed E-state index contributed by atoms with van der Waals surface area (Å²) in [6, 6.07) is 9.55. The number of nitrogens with zero attached hydrogens (tertiary/aromatic N) is 3. The Morgan fingerprint density at radius 3 is 2.14 bits per heavy atom. The van der Waals surface area contributed by atoms with E-state index in [-0.39, 0.29) is 16.3 Å². The number of rotatable bonds is 5. The zero-order chi connectivity index (χ0) is 21.3. The summed E-state index contributed by atoms with van der Waals surface area (Å²) in [4.78, 5) is 38.7. The van der Waals surface area contributed by atoms with Crippen molar-refractivity contribution in [2.75, 3.05) is 5.32 Å². The van der Waals surface area contributed by atoms with Crippen molar-refractivity contribution < 1.29 is 14.6 Å². The van der Waals surface area contributed by atoms with E-state index in [2.05, 4.69) is 26.2 Å². The third-order valence-electron chi connectivity index (χ3n) is 4.14. The van der Waals surface area contributed by atoms with Crippen LogP contribution in [0.4, 0.5) is 16.5 Å². The molecule has 0 saturated heterocycles. The fourth-order valence-corrected chi connectivity index (χ4v) is 3.78. The van der Waals surface area contributed by atoms with Gasteiger partial charge in [0.1, 0.15) is 5.56 Å².